The van der Waals surface area contributed by atoms with Crippen LogP contribution in [0.25, 0.3) is 22.4 Å². The normalized spacial score (nSPS) is 11.6. The Morgan fingerprint density at radius 2 is 1.51 bits per heavy atom. The van der Waals surface area contributed by atoms with Crippen molar-refractivity contribution in [2.45, 2.75) is 39.2 Å². The average molecular weight is 590 g/mol. The summed E-state index contributed by atoms with van der Waals surface area (Å²) in [5.74, 6) is -0.738. The fourth-order valence-electron chi connectivity index (χ4n) is 4.80. The van der Waals surface area contributed by atoms with Gasteiger partial charge in [-0.15, -0.1) is 11.3 Å². The predicted molar refractivity (Wildman–Crippen MR) is 175 cm³/mol. The molecule has 0 radical (unpaired) electrons. The van der Waals surface area contributed by atoms with Crippen LogP contribution < -0.4 is 10.2 Å². The van der Waals surface area contributed by atoms with Gasteiger partial charge in [-0.05, 0) is 58.9 Å². The number of amides is 1. The molecule has 0 bridgehead atoms. The van der Waals surface area contributed by atoms with Gasteiger partial charge in [-0.3, -0.25) is 9.59 Å². The smallest absolute Gasteiger partial charge is 0.305 e. The highest BCUT2D eigenvalue weighted by molar-refractivity contribution is 7.14. The van der Waals surface area contributed by atoms with Crippen molar-refractivity contribution in [1.29, 1.82) is 0 Å². The summed E-state index contributed by atoms with van der Waals surface area (Å²) >= 11 is 1.60. The Bertz CT molecular complexity index is 1650. The average Bonchev–Trinajstić information content (AvgIpc) is 3.54. The summed E-state index contributed by atoms with van der Waals surface area (Å²) in [6, 6.07) is 34.9. The first kappa shape index (κ1) is 29.7. The van der Waals surface area contributed by atoms with Crippen LogP contribution >= 0.6 is 11.3 Å². The standard InChI is InChI=1S/C36H35N3O3S/c1-3-25(2)27-17-19-32(20-18-27)39(23-26-9-11-31(12-10-26)35(42)37-22-21-34(40)41)36-38-33(24-43-36)30-15-13-29(14-16-30)28-7-5-4-6-8-28/h4-20,24-25H,3,21-23H2,1-2H3,(H,37,42)(H,40,41). The van der Waals surface area contributed by atoms with Crippen molar-refractivity contribution in [3.8, 4) is 22.4 Å². The van der Waals surface area contributed by atoms with Crippen molar-refractivity contribution in [2.24, 2.45) is 0 Å². The molecule has 0 fully saturated rings. The lowest BCUT2D eigenvalue weighted by molar-refractivity contribution is -0.136. The van der Waals surface area contributed by atoms with E-state index in [1.807, 2.05) is 30.3 Å². The highest BCUT2D eigenvalue weighted by Crippen LogP contribution is 2.35. The zero-order valence-corrected chi connectivity index (χ0v) is 25.2. The number of nitrogens with one attached hydrogen (secondary N) is 1. The van der Waals surface area contributed by atoms with Crippen molar-refractivity contribution < 1.29 is 14.7 Å². The monoisotopic (exact) mass is 589 g/mol. The molecule has 0 aliphatic heterocycles. The number of anilines is 2. The third-order valence-electron chi connectivity index (χ3n) is 7.58. The zero-order chi connectivity index (χ0) is 30.2. The minimum Gasteiger partial charge on any atom is -0.481 e. The maximum atomic E-state index is 12.4. The van der Waals surface area contributed by atoms with E-state index in [0.29, 0.717) is 18.0 Å². The molecule has 43 heavy (non-hydrogen) atoms. The molecule has 0 aliphatic rings. The van der Waals surface area contributed by atoms with E-state index in [2.05, 4.69) is 90.1 Å². The number of carboxylic acids is 1. The maximum Gasteiger partial charge on any atom is 0.305 e. The summed E-state index contributed by atoms with van der Waals surface area (Å²) < 4.78 is 0. The quantitative estimate of drug-likeness (QED) is 0.152. The van der Waals surface area contributed by atoms with E-state index in [1.165, 1.54) is 16.7 Å². The van der Waals surface area contributed by atoms with E-state index in [1.54, 1.807) is 23.5 Å². The lowest BCUT2D eigenvalue weighted by Crippen LogP contribution is -2.26. The van der Waals surface area contributed by atoms with E-state index in [9.17, 15) is 9.59 Å². The van der Waals surface area contributed by atoms with Crippen molar-refractivity contribution in [3.63, 3.8) is 0 Å². The zero-order valence-electron chi connectivity index (χ0n) is 24.4. The Hall–Kier alpha value is -4.75. The number of carbonyl (C=O) groups is 2. The van der Waals surface area contributed by atoms with E-state index in [-0.39, 0.29) is 18.9 Å². The van der Waals surface area contributed by atoms with Gasteiger partial charge < -0.3 is 15.3 Å². The molecule has 1 atom stereocenters. The number of hydrogen-bond acceptors (Lipinski definition) is 5. The third-order valence-corrected chi connectivity index (χ3v) is 8.44. The van der Waals surface area contributed by atoms with E-state index in [4.69, 9.17) is 10.1 Å². The predicted octanol–water partition coefficient (Wildman–Crippen LogP) is 8.53. The molecule has 0 saturated heterocycles. The van der Waals surface area contributed by atoms with Gasteiger partial charge in [-0.2, -0.15) is 0 Å². The molecular formula is C36H35N3O3S. The highest BCUT2D eigenvalue weighted by atomic mass is 32.1. The van der Waals surface area contributed by atoms with Crippen LogP contribution in [0.5, 0.6) is 0 Å². The molecular weight excluding hydrogens is 554 g/mol. The van der Waals surface area contributed by atoms with Gasteiger partial charge in [0.25, 0.3) is 5.91 Å². The number of rotatable bonds is 12. The first-order chi connectivity index (χ1) is 20.9. The summed E-state index contributed by atoms with van der Waals surface area (Å²) in [6.07, 6.45) is 0.972. The maximum absolute atomic E-state index is 12.4. The molecule has 1 unspecified atom stereocenters. The molecule has 4 aromatic carbocycles. The molecule has 6 nitrogen and oxygen atoms in total. The molecule has 5 rings (SSSR count). The Labute approximate surface area is 256 Å². The molecule has 0 spiro atoms. The molecule has 7 heteroatoms. The van der Waals surface area contributed by atoms with Crippen LogP contribution in [0.3, 0.4) is 0 Å². The van der Waals surface area contributed by atoms with Gasteiger partial charge in [0.15, 0.2) is 5.13 Å². The minimum absolute atomic E-state index is 0.0949. The van der Waals surface area contributed by atoms with Gasteiger partial charge >= 0.3 is 5.97 Å². The second kappa shape index (κ2) is 13.9. The van der Waals surface area contributed by atoms with Gasteiger partial charge in [-0.25, -0.2) is 4.98 Å². The molecule has 2 N–H and O–H groups in total. The lowest BCUT2D eigenvalue weighted by Gasteiger charge is -2.23. The number of carboxylic acid groups (broad SMARTS) is 1. The van der Waals surface area contributed by atoms with Crippen LogP contribution in [-0.4, -0.2) is 28.5 Å². The number of nitrogens with zero attached hydrogens (tertiary/aromatic N) is 2. The van der Waals surface area contributed by atoms with Gasteiger partial charge in [0.05, 0.1) is 18.7 Å². The summed E-state index contributed by atoms with van der Waals surface area (Å²) in [5, 5.41) is 14.5. The number of aromatic nitrogens is 1. The number of aliphatic carboxylic acids is 1. The molecule has 5 aromatic rings. The van der Waals surface area contributed by atoms with Gasteiger partial charge in [0, 0.05) is 28.7 Å². The summed E-state index contributed by atoms with van der Waals surface area (Å²) in [7, 11) is 0. The van der Waals surface area contributed by atoms with E-state index in [0.717, 1.165) is 34.1 Å². The second-order valence-corrected chi connectivity index (χ2v) is 11.4. The van der Waals surface area contributed by atoms with Crippen molar-refractivity contribution >= 4 is 34.0 Å². The summed E-state index contributed by atoms with van der Waals surface area (Å²) in [4.78, 5) is 30.4. The Morgan fingerprint density at radius 3 is 2.16 bits per heavy atom. The Kier molecular flexibility index (Phi) is 9.64. The van der Waals surface area contributed by atoms with Crippen LogP contribution in [0.4, 0.5) is 10.8 Å². The second-order valence-electron chi connectivity index (χ2n) is 10.5. The first-order valence-corrected chi connectivity index (χ1v) is 15.4. The van der Waals surface area contributed by atoms with Crippen molar-refractivity contribution in [3.05, 3.63) is 125 Å². The largest absolute Gasteiger partial charge is 0.481 e. The van der Waals surface area contributed by atoms with Crippen LogP contribution in [0.2, 0.25) is 0 Å². The summed E-state index contributed by atoms with van der Waals surface area (Å²) in [5.41, 5.74) is 8.21. The highest BCUT2D eigenvalue weighted by Gasteiger charge is 2.17. The van der Waals surface area contributed by atoms with Crippen LogP contribution in [0.15, 0.2) is 109 Å². The molecule has 1 aromatic heterocycles. The SMILES string of the molecule is CCC(C)c1ccc(N(Cc2ccc(C(=O)NCCC(=O)O)cc2)c2nc(-c3ccc(-c4ccccc4)cc3)cs2)cc1. The van der Waals surface area contributed by atoms with Gasteiger partial charge in [-0.1, -0.05) is 92.7 Å². The lowest BCUT2D eigenvalue weighted by atomic mass is 9.98. The molecule has 0 aliphatic carbocycles. The Balaban J connectivity index is 1.38. The van der Waals surface area contributed by atoms with E-state index < -0.39 is 5.97 Å². The number of thiazole rings is 1. The molecule has 1 amide bonds. The topological polar surface area (TPSA) is 82.5 Å². The van der Waals surface area contributed by atoms with Gasteiger partial charge in [0.1, 0.15) is 0 Å². The molecule has 218 valence electrons. The number of benzene rings is 4. The third kappa shape index (κ3) is 7.56. The van der Waals surface area contributed by atoms with Crippen LogP contribution in [-0.2, 0) is 11.3 Å². The number of carbonyl (C=O) groups excluding carboxylic acids is 1. The van der Waals surface area contributed by atoms with Crippen LogP contribution in [0, 0.1) is 0 Å². The Morgan fingerprint density at radius 1 is 0.860 bits per heavy atom. The number of hydrogen-bond donors (Lipinski definition) is 2. The first-order valence-electron chi connectivity index (χ1n) is 14.5. The fourth-order valence-corrected chi connectivity index (χ4v) is 5.66. The fraction of sp³-hybridized carbons (Fsp3) is 0.194. The van der Waals surface area contributed by atoms with Crippen molar-refractivity contribution in [1.82, 2.24) is 10.3 Å². The van der Waals surface area contributed by atoms with Gasteiger partial charge in [0.2, 0.25) is 0 Å². The minimum atomic E-state index is -0.942. The van der Waals surface area contributed by atoms with Crippen molar-refractivity contribution in [2.75, 3.05) is 11.4 Å². The summed E-state index contributed by atoms with van der Waals surface area (Å²) in [6.45, 7) is 5.11. The van der Waals surface area contributed by atoms with E-state index >= 15 is 0 Å². The van der Waals surface area contributed by atoms with Crippen LogP contribution in [0.1, 0.15) is 54.1 Å². The molecule has 1 heterocycles. The molecule has 0 saturated carbocycles.